The number of methoxy groups -OCH3 is 1. The normalized spacial score (nSPS) is 11.3. The third kappa shape index (κ3) is 3.33. The number of nitrogens with two attached hydrogens (primary N) is 1. The average molecular weight is 298 g/mol. The van der Waals surface area contributed by atoms with Gasteiger partial charge >= 0.3 is 6.18 Å². The second-order valence-corrected chi connectivity index (χ2v) is 4.30. The van der Waals surface area contributed by atoms with Crippen LogP contribution in [0.3, 0.4) is 0 Å². The number of aryl methyl sites for hydroxylation is 1. The van der Waals surface area contributed by atoms with Crippen LogP contribution in [0.1, 0.15) is 11.1 Å². The zero-order valence-corrected chi connectivity index (χ0v) is 11.3. The molecule has 3 N–H and O–H groups in total. The largest absolute Gasteiger partial charge is 0.495 e. The predicted molar refractivity (Wildman–Crippen MR) is 72.5 cm³/mol. The molecule has 1 aromatic heterocycles. The Kier molecular flexibility index (Phi) is 3.88. The lowest BCUT2D eigenvalue weighted by atomic mass is 10.2. The van der Waals surface area contributed by atoms with Crippen LogP contribution in [0.4, 0.5) is 30.6 Å². The third-order valence-electron chi connectivity index (χ3n) is 2.78. The number of hydrogen-bond donors (Lipinski definition) is 2. The van der Waals surface area contributed by atoms with Crippen molar-refractivity contribution in [2.24, 2.45) is 0 Å². The number of nitrogens with one attached hydrogen (secondary N) is 1. The van der Waals surface area contributed by atoms with E-state index in [1.165, 1.54) is 19.4 Å². The van der Waals surface area contributed by atoms with Crippen molar-refractivity contribution >= 4 is 17.5 Å². The lowest BCUT2D eigenvalue weighted by Gasteiger charge is -2.14. The van der Waals surface area contributed by atoms with Crippen LogP contribution < -0.4 is 15.8 Å². The Morgan fingerprint density at radius 3 is 2.57 bits per heavy atom. The second kappa shape index (κ2) is 5.47. The fourth-order valence-electron chi connectivity index (χ4n) is 1.62. The van der Waals surface area contributed by atoms with Crippen LogP contribution in [-0.2, 0) is 6.18 Å². The van der Waals surface area contributed by atoms with Gasteiger partial charge in [-0.15, -0.1) is 0 Å². The number of benzene rings is 1. The van der Waals surface area contributed by atoms with Crippen molar-refractivity contribution in [3.05, 3.63) is 35.5 Å². The molecular formula is C13H13F3N4O. The van der Waals surface area contributed by atoms with Crippen molar-refractivity contribution in [1.29, 1.82) is 0 Å². The molecule has 21 heavy (non-hydrogen) atoms. The van der Waals surface area contributed by atoms with Crippen molar-refractivity contribution in [1.82, 2.24) is 9.97 Å². The van der Waals surface area contributed by atoms with Gasteiger partial charge in [0.05, 0.1) is 18.4 Å². The number of nitrogens with zero attached hydrogens (tertiary/aromatic N) is 2. The van der Waals surface area contributed by atoms with Gasteiger partial charge in [0, 0.05) is 11.8 Å². The zero-order chi connectivity index (χ0) is 15.6. The van der Waals surface area contributed by atoms with E-state index in [0.29, 0.717) is 5.56 Å². The van der Waals surface area contributed by atoms with E-state index in [1.54, 1.807) is 6.92 Å². The maximum atomic E-state index is 12.7. The highest BCUT2D eigenvalue weighted by Gasteiger charge is 2.31. The van der Waals surface area contributed by atoms with E-state index in [1.807, 2.05) is 0 Å². The van der Waals surface area contributed by atoms with E-state index in [0.717, 1.165) is 12.1 Å². The molecule has 112 valence electrons. The van der Waals surface area contributed by atoms with Crippen LogP contribution in [0.25, 0.3) is 0 Å². The Balaban J connectivity index is 2.39. The van der Waals surface area contributed by atoms with E-state index in [4.69, 9.17) is 10.5 Å². The molecule has 8 heteroatoms. The lowest BCUT2D eigenvalue weighted by molar-refractivity contribution is -0.137. The minimum Gasteiger partial charge on any atom is -0.495 e. The van der Waals surface area contributed by atoms with Crippen LogP contribution in [0, 0.1) is 6.92 Å². The lowest BCUT2D eigenvalue weighted by Crippen LogP contribution is -2.07. The third-order valence-corrected chi connectivity index (χ3v) is 2.78. The molecule has 0 atom stereocenters. The van der Waals surface area contributed by atoms with Crippen molar-refractivity contribution in [3.8, 4) is 5.75 Å². The summed E-state index contributed by atoms with van der Waals surface area (Å²) >= 11 is 0. The van der Waals surface area contributed by atoms with E-state index in [2.05, 4.69) is 15.3 Å². The molecule has 0 unspecified atom stereocenters. The summed E-state index contributed by atoms with van der Waals surface area (Å²) in [5, 5.41) is 2.68. The number of rotatable bonds is 3. The first-order valence-electron chi connectivity index (χ1n) is 5.92. The number of hydrogen-bond acceptors (Lipinski definition) is 5. The molecule has 0 aliphatic rings. The van der Waals surface area contributed by atoms with Crippen molar-refractivity contribution < 1.29 is 17.9 Å². The average Bonchev–Trinajstić information content (AvgIpc) is 2.42. The van der Waals surface area contributed by atoms with Crippen molar-refractivity contribution in [2.75, 3.05) is 18.2 Å². The van der Waals surface area contributed by atoms with Crippen molar-refractivity contribution in [2.45, 2.75) is 13.1 Å². The van der Waals surface area contributed by atoms with Crippen LogP contribution in [0.2, 0.25) is 0 Å². The molecule has 0 bridgehead atoms. The van der Waals surface area contributed by atoms with E-state index >= 15 is 0 Å². The van der Waals surface area contributed by atoms with E-state index in [9.17, 15) is 13.2 Å². The van der Waals surface area contributed by atoms with E-state index < -0.39 is 11.7 Å². The molecule has 2 aromatic rings. The molecule has 5 nitrogen and oxygen atoms in total. The SMILES string of the molecule is COc1ccc(C(F)(F)F)cc1Nc1ncc(C)c(N)n1. The highest BCUT2D eigenvalue weighted by molar-refractivity contribution is 5.64. The number of alkyl halides is 3. The fraction of sp³-hybridized carbons (Fsp3) is 0.231. The Morgan fingerprint density at radius 2 is 2.00 bits per heavy atom. The summed E-state index contributed by atoms with van der Waals surface area (Å²) in [6.07, 6.45) is -2.97. The van der Waals surface area contributed by atoms with Gasteiger partial charge in [-0.25, -0.2) is 4.98 Å². The van der Waals surface area contributed by atoms with Gasteiger partial charge in [-0.3, -0.25) is 0 Å². The monoisotopic (exact) mass is 298 g/mol. The minimum absolute atomic E-state index is 0.0933. The van der Waals surface area contributed by atoms with Crippen LogP contribution >= 0.6 is 0 Å². The van der Waals surface area contributed by atoms with E-state index in [-0.39, 0.29) is 23.2 Å². The molecule has 1 aromatic carbocycles. The number of nitrogen functional groups attached to an aromatic ring is 1. The highest BCUT2D eigenvalue weighted by Crippen LogP contribution is 2.35. The topological polar surface area (TPSA) is 73.1 Å². The number of halogens is 3. The summed E-state index contributed by atoms with van der Waals surface area (Å²) in [4.78, 5) is 7.92. The Hall–Kier alpha value is -2.51. The summed E-state index contributed by atoms with van der Waals surface area (Å²) in [5.41, 5.74) is 5.63. The Labute approximate surface area is 119 Å². The number of anilines is 3. The van der Waals surface area contributed by atoms with Crippen LogP contribution in [0.15, 0.2) is 24.4 Å². The molecular weight excluding hydrogens is 285 g/mol. The molecule has 0 amide bonds. The van der Waals surface area contributed by atoms with Gasteiger partial charge < -0.3 is 15.8 Å². The van der Waals surface area contributed by atoms with Crippen LogP contribution in [-0.4, -0.2) is 17.1 Å². The molecule has 0 fully saturated rings. The summed E-state index contributed by atoms with van der Waals surface area (Å²) in [6.45, 7) is 1.73. The molecule has 2 rings (SSSR count). The fourth-order valence-corrected chi connectivity index (χ4v) is 1.62. The van der Waals surface area contributed by atoms with Gasteiger partial charge in [-0.05, 0) is 25.1 Å². The standard InChI is InChI=1S/C13H13F3N4O/c1-7-6-18-12(20-11(7)17)19-9-5-8(13(14,15)16)3-4-10(9)21-2/h3-6H,1-2H3,(H3,17,18,19,20). The van der Waals surface area contributed by atoms with Gasteiger partial charge in [0.2, 0.25) is 5.95 Å². The van der Waals surface area contributed by atoms with Crippen molar-refractivity contribution in [3.63, 3.8) is 0 Å². The minimum atomic E-state index is -4.45. The van der Waals surface area contributed by atoms with Gasteiger partial charge in [0.15, 0.2) is 0 Å². The van der Waals surface area contributed by atoms with Gasteiger partial charge in [0.25, 0.3) is 0 Å². The molecule has 0 aliphatic carbocycles. The smallest absolute Gasteiger partial charge is 0.416 e. The first kappa shape index (κ1) is 14.9. The van der Waals surface area contributed by atoms with Gasteiger partial charge in [0.1, 0.15) is 11.6 Å². The summed E-state index contributed by atoms with van der Waals surface area (Å²) < 4.78 is 43.2. The number of aromatic nitrogens is 2. The molecule has 0 saturated carbocycles. The highest BCUT2D eigenvalue weighted by atomic mass is 19.4. The molecule has 0 radical (unpaired) electrons. The summed E-state index contributed by atoms with van der Waals surface area (Å²) in [6, 6.07) is 3.09. The van der Waals surface area contributed by atoms with Gasteiger partial charge in [-0.1, -0.05) is 0 Å². The quantitative estimate of drug-likeness (QED) is 0.910. The van der Waals surface area contributed by atoms with Gasteiger partial charge in [-0.2, -0.15) is 18.2 Å². The molecule has 0 spiro atoms. The molecule has 0 saturated heterocycles. The Morgan fingerprint density at radius 1 is 1.29 bits per heavy atom. The first-order chi connectivity index (χ1) is 9.81. The predicted octanol–water partition coefficient (Wildman–Crippen LogP) is 3.14. The van der Waals surface area contributed by atoms with Crippen LogP contribution in [0.5, 0.6) is 5.75 Å². The number of ether oxygens (including phenoxy) is 1. The zero-order valence-electron chi connectivity index (χ0n) is 11.3. The Bertz CT molecular complexity index is 658. The summed E-state index contributed by atoms with van der Waals surface area (Å²) in [5.74, 6) is 0.583. The molecule has 0 aliphatic heterocycles. The maximum Gasteiger partial charge on any atom is 0.416 e. The summed E-state index contributed by atoms with van der Waals surface area (Å²) in [7, 11) is 1.36. The maximum absolute atomic E-state index is 12.7. The molecule has 1 heterocycles. The second-order valence-electron chi connectivity index (χ2n) is 4.30. The first-order valence-corrected chi connectivity index (χ1v) is 5.92.